The van der Waals surface area contributed by atoms with Gasteiger partial charge in [-0.1, -0.05) is 18.2 Å². The zero-order valence-corrected chi connectivity index (χ0v) is 7.95. The Morgan fingerprint density at radius 2 is 1.92 bits per heavy atom. The second kappa shape index (κ2) is 6.31. The zero-order chi connectivity index (χ0) is 10.3. The number of phenols is 1. The summed E-state index contributed by atoms with van der Waals surface area (Å²) in [5.74, 6) is -0.917. The molecule has 0 atom stereocenters. The van der Waals surface area contributed by atoms with E-state index in [0.29, 0.717) is 5.75 Å². The van der Waals surface area contributed by atoms with Gasteiger partial charge in [-0.15, -0.1) is 11.6 Å². The van der Waals surface area contributed by atoms with Gasteiger partial charge in [-0.3, -0.25) is 4.79 Å². The molecule has 0 spiro atoms. The van der Waals surface area contributed by atoms with E-state index in [4.69, 9.17) is 21.8 Å². The van der Waals surface area contributed by atoms with Gasteiger partial charge >= 0.3 is 5.97 Å². The maximum absolute atomic E-state index is 9.24. The Kier molecular flexibility index (Phi) is 5.72. The van der Waals surface area contributed by atoms with Gasteiger partial charge in [-0.2, -0.15) is 0 Å². The molecule has 1 aromatic rings. The number of para-hydroxylation sites is 1. The number of halogens is 1. The van der Waals surface area contributed by atoms with Crippen molar-refractivity contribution in [3.05, 3.63) is 29.8 Å². The van der Waals surface area contributed by atoms with Gasteiger partial charge < -0.3 is 10.2 Å². The fraction of sp³-hybridized carbons (Fsp3) is 0.222. The van der Waals surface area contributed by atoms with Crippen LogP contribution < -0.4 is 0 Å². The van der Waals surface area contributed by atoms with Crippen molar-refractivity contribution < 1.29 is 15.0 Å². The molecule has 0 radical (unpaired) electrons. The number of phenolic OH excluding ortho intramolecular Hbond substituents is 1. The number of carbonyl (C=O) groups is 1. The van der Waals surface area contributed by atoms with Gasteiger partial charge in [0.05, 0.1) is 0 Å². The van der Waals surface area contributed by atoms with E-state index < -0.39 is 5.97 Å². The topological polar surface area (TPSA) is 57.5 Å². The predicted molar refractivity (Wildman–Crippen MR) is 51.2 cm³/mol. The second-order valence-electron chi connectivity index (χ2n) is 2.31. The lowest BCUT2D eigenvalue weighted by Crippen LogP contribution is -1.92. The Morgan fingerprint density at radius 3 is 2.15 bits per heavy atom. The molecule has 0 aromatic heterocycles. The summed E-state index contributed by atoms with van der Waals surface area (Å²) in [6.07, 6.45) is 0. The van der Waals surface area contributed by atoms with Gasteiger partial charge in [0, 0.05) is 0 Å². The van der Waals surface area contributed by atoms with Crippen molar-refractivity contribution in [3.8, 4) is 5.75 Å². The van der Waals surface area contributed by atoms with Crippen LogP contribution in [-0.4, -0.2) is 22.1 Å². The van der Waals surface area contributed by atoms with E-state index in [2.05, 4.69) is 0 Å². The Labute approximate surface area is 81.6 Å². The van der Waals surface area contributed by atoms with E-state index >= 15 is 0 Å². The second-order valence-corrected chi connectivity index (χ2v) is 2.58. The average molecular weight is 203 g/mol. The number of rotatable bonds is 1. The molecule has 0 saturated heterocycles. The van der Waals surface area contributed by atoms with Crippen molar-refractivity contribution in [1.29, 1.82) is 0 Å². The molecule has 2 N–H and O–H groups in total. The van der Waals surface area contributed by atoms with Crippen LogP contribution in [0.3, 0.4) is 0 Å². The molecule has 0 aliphatic rings. The third-order valence-corrected chi connectivity index (χ3v) is 1.46. The first-order valence-electron chi connectivity index (χ1n) is 3.60. The molecule has 3 nitrogen and oxygen atoms in total. The molecule has 0 bridgehead atoms. The third-order valence-electron chi connectivity index (χ3n) is 1.23. The van der Waals surface area contributed by atoms with Crippen LogP contribution in [-0.2, 0) is 4.79 Å². The highest BCUT2D eigenvalue weighted by atomic mass is 35.5. The Hall–Kier alpha value is -1.22. The SMILES string of the molecule is Cc1ccccc1O.O=C(O)CCl. The van der Waals surface area contributed by atoms with Gasteiger partial charge in [-0.25, -0.2) is 0 Å². The van der Waals surface area contributed by atoms with Crippen LogP contribution in [0.4, 0.5) is 0 Å². The monoisotopic (exact) mass is 202 g/mol. The molecule has 0 heterocycles. The van der Waals surface area contributed by atoms with Crippen molar-refractivity contribution in [2.24, 2.45) is 0 Å². The lowest BCUT2D eigenvalue weighted by atomic mass is 10.2. The minimum Gasteiger partial charge on any atom is -0.508 e. The largest absolute Gasteiger partial charge is 0.508 e. The number of hydrogen-bond donors (Lipinski definition) is 2. The van der Waals surface area contributed by atoms with Gasteiger partial charge in [0.1, 0.15) is 11.6 Å². The van der Waals surface area contributed by atoms with E-state index in [1.54, 1.807) is 6.07 Å². The maximum atomic E-state index is 9.24. The highest BCUT2D eigenvalue weighted by molar-refractivity contribution is 6.26. The standard InChI is InChI=1S/C7H8O.C2H3ClO2/c1-6-4-2-3-5-7(6)8;3-1-2(4)5/h2-5,8H,1H3;1H2,(H,4,5). The summed E-state index contributed by atoms with van der Waals surface area (Å²) in [4.78, 5) is 9.24. The highest BCUT2D eigenvalue weighted by Crippen LogP contribution is 2.12. The third kappa shape index (κ3) is 5.99. The summed E-state index contributed by atoms with van der Waals surface area (Å²) in [5.41, 5.74) is 0.924. The van der Waals surface area contributed by atoms with Crippen molar-refractivity contribution in [1.82, 2.24) is 0 Å². The van der Waals surface area contributed by atoms with E-state index in [1.165, 1.54) is 0 Å². The lowest BCUT2D eigenvalue weighted by Gasteiger charge is -1.92. The van der Waals surface area contributed by atoms with Gasteiger partial charge in [0.2, 0.25) is 0 Å². The number of aryl methyl sites for hydroxylation is 1. The molecule has 0 fully saturated rings. The summed E-state index contributed by atoms with van der Waals surface area (Å²) < 4.78 is 0. The van der Waals surface area contributed by atoms with Crippen LogP contribution in [0.5, 0.6) is 5.75 Å². The van der Waals surface area contributed by atoms with Gasteiger partial charge in [-0.05, 0) is 18.6 Å². The van der Waals surface area contributed by atoms with Crippen LogP contribution in [0.25, 0.3) is 0 Å². The minimum absolute atomic E-state index is 0.306. The first kappa shape index (κ1) is 11.8. The summed E-state index contributed by atoms with van der Waals surface area (Å²) in [6, 6.07) is 7.25. The molecule has 0 aliphatic carbocycles. The zero-order valence-electron chi connectivity index (χ0n) is 7.20. The first-order valence-corrected chi connectivity index (χ1v) is 4.13. The molecule has 1 rings (SSSR count). The first-order chi connectivity index (χ1) is 6.07. The normalized spacial score (nSPS) is 8.46. The summed E-state index contributed by atoms with van der Waals surface area (Å²) in [6.45, 7) is 1.87. The number of aromatic hydroxyl groups is 1. The molecule has 72 valence electrons. The van der Waals surface area contributed by atoms with Crippen LogP contribution >= 0.6 is 11.6 Å². The molecule has 4 heteroatoms. The Bertz CT molecular complexity index is 252. The fourth-order valence-electron chi connectivity index (χ4n) is 0.563. The maximum Gasteiger partial charge on any atom is 0.318 e. The number of aliphatic carboxylic acids is 1. The molecule has 13 heavy (non-hydrogen) atoms. The molecule has 0 aliphatic heterocycles. The van der Waals surface area contributed by atoms with E-state index in [9.17, 15) is 4.79 Å². The quantitative estimate of drug-likeness (QED) is 0.685. The van der Waals surface area contributed by atoms with Gasteiger partial charge in [0.25, 0.3) is 0 Å². The van der Waals surface area contributed by atoms with Crippen LogP contribution in [0.1, 0.15) is 5.56 Å². The number of alkyl halides is 1. The Balaban J connectivity index is 0.000000252. The number of benzene rings is 1. The van der Waals surface area contributed by atoms with Gasteiger partial charge in [0.15, 0.2) is 0 Å². The van der Waals surface area contributed by atoms with Crippen molar-refractivity contribution >= 4 is 17.6 Å². The minimum atomic E-state index is -0.980. The Morgan fingerprint density at radius 1 is 1.46 bits per heavy atom. The molecule has 0 amide bonds. The van der Waals surface area contributed by atoms with Crippen molar-refractivity contribution in [2.75, 3.05) is 5.88 Å². The van der Waals surface area contributed by atoms with Crippen LogP contribution in [0.15, 0.2) is 24.3 Å². The predicted octanol–water partition coefficient (Wildman–Crippen LogP) is 2.01. The summed E-state index contributed by atoms with van der Waals surface area (Å²) in [5, 5.41) is 16.5. The van der Waals surface area contributed by atoms with Crippen LogP contribution in [0, 0.1) is 6.92 Å². The van der Waals surface area contributed by atoms with E-state index in [0.717, 1.165) is 5.56 Å². The van der Waals surface area contributed by atoms with E-state index in [-0.39, 0.29) is 5.88 Å². The van der Waals surface area contributed by atoms with Crippen molar-refractivity contribution in [2.45, 2.75) is 6.92 Å². The fourth-order valence-corrected chi connectivity index (χ4v) is 0.563. The average Bonchev–Trinajstić information content (AvgIpc) is 2.11. The molecule has 0 saturated carbocycles. The van der Waals surface area contributed by atoms with Crippen LogP contribution in [0.2, 0.25) is 0 Å². The summed E-state index contributed by atoms with van der Waals surface area (Å²) in [7, 11) is 0. The molecule has 1 aromatic carbocycles. The number of hydrogen-bond acceptors (Lipinski definition) is 2. The van der Waals surface area contributed by atoms with E-state index in [1.807, 2.05) is 25.1 Å². The smallest absolute Gasteiger partial charge is 0.318 e. The highest BCUT2D eigenvalue weighted by Gasteiger charge is 1.87. The number of carboxylic acids is 1. The molecular weight excluding hydrogens is 192 g/mol. The lowest BCUT2D eigenvalue weighted by molar-refractivity contribution is -0.134. The number of carboxylic acid groups (broad SMARTS) is 1. The van der Waals surface area contributed by atoms with Crippen molar-refractivity contribution in [3.63, 3.8) is 0 Å². The summed E-state index contributed by atoms with van der Waals surface area (Å²) >= 11 is 4.74. The molecule has 0 unspecified atom stereocenters. The molecular formula is C9H11ClO3.